The first-order valence-corrected chi connectivity index (χ1v) is 6.44. The van der Waals surface area contributed by atoms with E-state index in [9.17, 15) is 9.90 Å². The number of carbonyl (C=O) groups excluding carboxylic acids is 1. The average molecular weight is 267 g/mol. The fourth-order valence-electron chi connectivity index (χ4n) is 1.58. The number of nitrogens with two attached hydrogens (primary N) is 1. The van der Waals surface area contributed by atoms with E-state index < -0.39 is 12.0 Å². The molecule has 0 saturated heterocycles. The molecule has 0 bridgehead atoms. The van der Waals surface area contributed by atoms with Crippen LogP contribution in [-0.4, -0.2) is 23.7 Å². The molecule has 0 aliphatic heterocycles. The number of amides is 1. The molecule has 1 amide bonds. The highest BCUT2D eigenvalue weighted by Crippen LogP contribution is 2.26. The van der Waals surface area contributed by atoms with Crippen molar-refractivity contribution in [2.45, 2.75) is 39.4 Å². The van der Waals surface area contributed by atoms with Crippen molar-refractivity contribution in [3.63, 3.8) is 0 Å². The molecular weight excluding hydrogens is 246 g/mol. The van der Waals surface area contributed by atoms with Gasteiger partial charge in [0.15, 0.2) is 6.10 Å². The molecule has 3 N–H and O–H groups in total. The number of hydrogen-bond donors (Lipinski definition) is 2. The highest BCUT2D eigenvalue weighted by atomic mass is 16.5. The fourth-order valence-corrected chi connectivity index (χ4v) is 1.58. The number of carbonyl (C=O) groups is 1. The third-order valence-electron chi connectivity index (χ3n) is 2.64. The molecule has 0 spiro atoms. The molecule has 1 atom stereocenters. The summed E-state index contributed by atoms with van der Waals surface area (Å²) in [6, 6.07) is 5.15. The van der Waals surface area contributed by atoms with E-state index in [1.807, 2.05) is 13.8 Å². The summed E-state index contributed by atoms with van der Waals surface area (Å²) in [5, 5.41) is 9.27. The fraction of sp³-hybridized carbons (Fsp3) is 0.500. The number of aliphatic hydroxyl groups excluding tert-OH is 1. The Hall–Kier alpha value is -1.75. The monoisotopic (exact) mass is 267 g/mol. The maximum Gasteiger partial charge on any atom is 0.258 e. The molecule has 0 aromatic heterocycles. The number of aliphatic hydroxyl groups is 1. The van der Waals surface area contributed by atoms with E-state index in [1.54, 1.807) is 18.2 Å². The zero-order valence-electron chi connectivity index (χ0n) is 11.4. The van der Waals surface area contributed by atoms with E-state index in [1.165, 1.54) is 0 Å². The predicted molar refractivity (Wildman–Crippen MR) is 72.1 cm³/mol. The minimum atomic E-state index is -0.702. The number of benzene rings is 1. The van der Waals surface area contributed by atoms with Crippen molar-refractivity contribution in [3.8, 4) is 11.5 Å². The summed E-state index contributed by atoms with van der Waals surface area (Å²) in [4.78, 5) is 11.2. The Labute approximate surface area is 113 Å². The van der Waals surface area contributed by atoms with Crippen LogP contribution in [0.3, 0.4) is 0 Å². The molecule has 106 valence electrons. The van der Waals surface area contributed by atoms with Gasteiger partial charge in [-0.2, -0.15) is 0 Å². The number of rotatable bonds is 8. The number of primary amides is 1. The van der Waals surface area contributed by atoms with E-state index in [0.717, 1.165) is 6.42 Å². The van der Waals surface area contributed by atoms with E-state index >= 15 is 0 Å². The topological polar surface area (TPSA) is 81.8 Å². The van der Waals surface area contributed by atoms with Crippen LogP contribution in [0.1, 0.15) is 32.3 Å². The van der Waals surface area contributed by atoms with E-state index in [0.29, 0.717) is 30.1 Å². The third kappa shape index (κ3) is 4.44. The minimum absolute atomic E-state index is 0.168. The highest BCUT2D eigenvalue weighted by Gasteiger charge is 2.17. The van der Waals surface area contributed by atoms with Gasteiger partial charge in [0, 0.05) is 11.6 Å². The SMILES string of the molecule is CCCOc1ccc(CO)c(OC(CC)C(N)=O)c1. The van der Waals surface area contributed by atoms with E-state index in [4.69, 9.17) is 15.2 Å². The normalized spacial score (nSPS) is 11.9. The van der Waals surface area contributed by atoms with Crippen LogP contribution in [0.15, 0.2) is 18.2 Å². The Morgan fingerprint density at radius 3 is 2.68 bits per heavy atom. The Morgan fingerprint density at radius 1 is 1.42 bits per heavy atom. The van der Waals surface area contributed by atoms with Gasteiger partial charge >= 0.3 is 0 Å². The Morgan fingerprint density at radius 2 is 2.16 bits per heavy atom. The third-order valence-corrected chi connectivity index (χ3v) is 2.64. The number of ether oxygens (including phenoxy) is 2. The van der Waals surface area contributed by atoms with Gasteiger partial charge in [-0.15, -0.1) is 0 Å². The molecule has 1 aromatic rings. The summed E-state index contributed by atoms with van der Waals surface area (Å²) in [7, 11) is 0. The van der Waals surface area contributed by atoms with Crippen molar-refractivity contribution in [3.05, 3.63) is 23.8 Å². The van der Waals surface area contributed by atoms with Crippen LogP contribution >= 0.6 is 0 Å². The average Bonchev–Trinajstić information content (AvgIpc) is 2.42. The molecule has 1 unspecified atom stereocenters. The van der Waals surface area contributed by atoms with Crippen molar-refractivity contribution >= 4 is 5.91 Å². The Kier molecular flexibility index (Phi) is 6.15. The lowest BCUT2D eigenvalue weighted by atomic mass is 10.2. The molecule has 19 heavy (non-hydrogen) atoms. The molecular formula is C14H21NO4. The second-order valence-electron chi connectivity index (χ2n) is 4.19. The van der Waals surface area contributed by atoms with Crippen LogP contribution < -0.4 is 15.2 Å². The van der Waals surface area contributed by atoms with E-state index in [2.05, 4.69) is 0 Å². The van der Waals surface area contributed by atoms with Gasteiger partial charge in [-0.3, -0.25) is 4.79 Å². The molecule has 0 saturated carbocycles. The summed E-state index contributed by atoms with van der Waals surface area (Å²) in [6.45, 7) is 4.26. The number of hydrogen-bond acceptors (Lipinski definition) is 4. The van der Waals surface area contributed by atoms with Gasteiger partial charge in [0.2, 0.25) is 0 Å². The standard InChI is InChI=1S/C14H21NO4/c1-3-7-18-11-6-5-10(9-16)13(8-11)19-12(4-2)14(15)17/h5-6,8,12,16H,3-4,7,9H2,1-2H3,(H2,15,17). The van der Waals surface area contributed by atoms with Crippen LogP contribution in [0.4, 0.5) is 0 Å². The van der Waals surface area contributed by atoms with Crippen LogP contribution in [-0.2, 0) is 11.4 Å². The maximum absolute atomic E-state index is 11.2. The van der Waals surface area contributed by atoms with Gasteiger partial charge in [-0.1, -0.05) is 13.8 Å². The van der Waals surface area contributed by atoms with E-state index in [-0.39, 0.29) is 6.61 Å². The van der Waals surface area contributed by atoms with Crippen molar-refractivity contribution in [2.75, 3.05) is 6.61 Å². The lowest BCUT2D eigenvalue weighted by Gasteiger charge is -2.17. The molecule has 0 aliphatic carbocycles. The smallest absolute Gasteiger partial charge is 0.258 e. The van der Waals surface area contributed by atoms with Gasteiger partial charge in [0.25, 0.3) is 5.91 Å². The molecule has 0 radical (unpaired) electrons. The van der Waals surface area contributed by atoms with Crippen LogP contribution in [0, 0.1) is 0 Å². The summed E-state index contributed by atoms with van der Waals surface area (Å²) < 4.78 is 11.0. The molecule has 0 heterocycles. The molecule has 5 heteroatoms. The van der Waals surface area contributed by atoms with Gasteiger partial charge in [-0.05, 0) is 25.0 Å². The molecule has 1 aromatic carbocycles. The van der Waals surface area contributed by atoms with Crippen LogP contribution in [0.25, 0.3) is 0 Å². The Bertz CT molecular complexity index is 420. The lowest BCUT2D eigenvalue weighted by molar-refractivity contribution is -0.124. The summed E-state index contributed by atoms with van der Waals surface area (Å²) >= 11 is 0. The second kappa shape index (κ2) is 7.63. The van der Waals surface area contributed by atoms with Gasteiger partial charge in [0.05, 0.1) is 13.2 Å². The quantitative estimate of drug-likeness (QED) is 0.749. The van der Waals surface area contributed by atoms with Gasteiger partial charge in [-0.25, -0.2) is 0 Å². The first-order valence-electron chi connectivity index (χ1n) is 6.44. The van der Waals surface area contributed by atoms with Crippen LogP contribution in [0.2, 0.25) is 0 Å². The van der Waals surface area contributed by atoms with Gasteiger partial charge in [0.1, 0.15) is 11.5 Å². The van der Waals surface area contributed by atoms with Gasteiger partial charge < -0.3 is 20.3 Å². The first kappa shape index (κ1) is 15.3. The summed E-state index contributed by atoms with van der Waals surface area (Å²) in [5.41, 5.74) is 5.85. The molecule has 1 rings (SSSR count). The molecule has 0 fully saturated rings. The zero-order valence-corrected chi connectivity index (χ0v) is 11.4. The molecule has 0 aliphatic rings. The summed E-state index contributed by atoms with van der Waals surface area (Å²) in [5.74, 6) is 0.557. The highest BCUT2D eigenvalue weighted by molar-refractivity contribution is 5.79. The van der Waals surface area contributed by atoms with Crippen molar-refractivity contribution in [1.29, 1.82) is 0 Å². The summed E-state index contributed by atoms with van der Waals surface area (Å²) in [6.07, 6.45) is 0.670. The zero-order chi connectivity index (χ0) is 14.3. The van der Waals surface area contributed by atoms with Crippen LogP contribution in [0.5, 0.6) is 11.5 Å². The van der Waals surface area contributed by atoms with Crippen molar-refractivity contribution in [1.82, 2.24) is 0 Å². The Balaban J connectivity index is 2.91. The predicted octanol–water partition coefficient (Wildman–Crippen LogP) is 1.61. The maximum atomic E-state index is 11.2. The second-order valence-corrected chi connectivity index (χ2v) is 4.19. The molecule has 5 nitrogen and oxygen atoms in total. The van der Waals surface area contributed by atoms with Crippen molar-refractivity contribution in [2.24, 2.45) is 5.73 Å². The minimum Gasteiger partial charge on any atom is -0.493 e. The van der Waals surface area contributed by atoms with Crippen molar-refractivity contribution < 1.29 is 19.4 Å². The first-order chi connectivity index (χ1) is 9.12. The largest absolute Gasteiger partial charge is 0.493 e. The lowest BCUT2D eigenvalue weighted by Crippen LogP contribution is -2.33.